The molecule has 1 rings (SSSR count). The molecule has 0 saturated heterocycles. The van der Waals surface area contributed by atoms with E-state index in [0.29, 0.717) is 11.7 Å². The van der Waals surface area contributed by atoms with Gasteiger partial charge in [-0.2, -0.15) is 0 Å². The molecule has 0 atom stereocenters. The van der Waals surface area contributed by atoms with Gasteiger partial charge in [-0.3, -0.25) is 5.32 Å². The van der Waals surface area contributed by atoms with Gasteiger partial charge in [0.1, 0.15) is 5.82 Å². The van der Waals surface area contributed by atoms with E-state index in [1.54, 1.807) is 12.1 Å². The van der Waals surface area contributed by atoms with Crippen LogP contribution in [0.3, 0.4) is 0 Å². The summed E-state index contributed by atoms with van der Waals surface area (Å²) < 4.78 is 0. The molecule has 12 heavy (non-hydrogen) atoms. The van der Waals surface area contributed by atoms with E-state index in [0.717, 1.165) is 5.56 Å². The van der Waals surface area contributed by atoms with Crippen LogP contribution in [0.5, 0.6) is 0 Å². The molecular weight excluding hydrogens is 180 g/mol. The maximum Gasteiger partial charge on any atom is 0.410 e. The molecular formula is C7H7ClN2O2. The van der Waals surface area contributed by atoms with Crippen molar-refractivity contribution in [1.29, 1.82) is 0 Å². The van der Waals surface area contributed by atoms with Gasteiger partial charge in [-0.25, -0.2) is 9.78 Å². The lowest BCUT2D eigenvalue weighted by molar-refractivity contribution is 0.209. The van der Waals surface area contributed by atoms with E-state index in [9.17, 15) is 4.79 Å². The van der Waals surface area contributed by atoms with Gasteiger partial charge < -0.3 is 5.11 Å². The fraction of sp³-hybridized carbons (Fsp3) is 0.143. The van der Waals surface area contributed by atoms with Crippen molar-refractivity contribution in [2.75, 3.05) is 5.32 Å². The second-order valence-corrected chi connectivity index (χ2v) is 2.38. The summed E-state index contributed by atoms with van der Waals surface area (Å²) in [7, 11) is 0. The lowest BCUT2D eigenvalue weighted by atomic mass is 10.3. The van der Waals surface area contributed by atoms with Crippen LogP contribution in [0.25, 0.3) is 0 Å². The smallest absolute Gasteiger partial charge is 0.410 e. The topological polar surface area (TPSA) is 62.2 Å². The first-order valence-corrected chi connectivity index (χ1v) is 3.76. The molecule has 0 fully saturated rings. The lowest BCUT2D eigenvalue weighted by Crippen LogP contribution is -2.08. The Kier molecular flexibility index (Phi) is 2.88. The van der Waals surface area contributed by atoms with Crippen molar-refractivity contribution in [3.8, 4) is 0 Å². The van der Waals surface area contributed by atoms with Gasteiger partial charge >= 0.3 is 6.09 Å². The third kappa shape index (κ3) is 2.39. The number of amides is 1. The molecule has 0 radical (unpaired) electrons. The van der Waals surface area contributed by atoms with Crippen molar-refractivity contribution in [2.24, 2.45) is 0 Å². The van der Waals surface area contributed by atoms with Gasteiger partial charge in [0.2, 0.25) is 0 Å². The summed E-state index contributed by atoms with van der Waals surface area (Å²) in [5, 5.41) is 10.5. The van der Waals surface area contributed by atoms with Gasteiger partial charge in [0.15, 0.2) is 0 Å². The highest BCUT2D eigenvalue weighted by atomic mass is 35.5. The zero-order valence-corrected chi connectivity index (χ0v) is 6.88. The standard InChI is InChI=1S/C7H7ClN2O2/c8-4-5-1-2-9-6(3-5)10-7(11)12/h1-3H,4H2,(H,9,10)(H,11,12). The molecule has 0 aliphatic rings. The highest BCUT2D eigenvalue weighted by Gasteiger charge is 1.99. The van der Waals surface area contributed by atoms with E-state index >= 15 is 0 Å². The zero-order valence-electron chi connectivity index (χ0n) is 6.12. The molecule has 2 N–H and O–H groups in total. The second kappa shape index (κ2) is 3.92. The molecule has 1 aromatic rings. The molecule has 0 aliphatic heterocycles. The number of aromatic nitrogens is 1. The van der Waals surface area contributed by atoms with Crippen molar-refractivity contribution in [3.63, 3.8) is 0 Å². The fourth-order valence-corrected chi connectivity index (χ4v) is 0.902. The monoisotopic (exact) mass is 186 g/mol. The molecule has 0 unspecified atom stereocenters. The Labute approximate surface area is 74.2 Å². The van der Waals surface area contributed by atoms with Gasteiger partial charge in [0.05, 0.1) is 0 Å². The van der Waals surface area contributed by atoms with Crippen molar-refractivity contribution in [1.82, 2.24) is 4.98 Å². The number of anilines is 1. The minimum atomic E-state index is -1.13. The van der Waals surface area contributed by atoms with Crippen LogP contribution in [0.15, 0.2) is 18.3 Å². The SMILES string of the molecule is O=C(O)Nc1cc(CCl)ccn1. The highest BCUT2D eigenvalue weighted by molar-refractivity contribution is 6.17. The van der Waals surface area contributed by atoms with Crippen LogP contribution in [0.1, 0.15) is 5.56 Å². The largest absolute Gasteiger partial charge is 0.465 e. The average molecular weight is 187 g/mol. The fourth-order valence-electron chi connectivity index (χ4n) is 0.735. The van der Waals surface area contributed by atoms with E-state index in [-0.39, 0.29) is 0 Å². The van der Waals surface area contributed by atoms with Crippen LogP contribution in [-0.4, -0.2) is 16.2 Å². The number of pyridine rings is 1. The predicted octanol–water partition coefficient (Wildman–Crippen LogP) is 1.91. The molecule has 1 heterocycles. The number of hydrogen-bond acceptors (Lipinski definition) is 2. The first-order valence-electron chi connectivity index (χ1n) is 3.23. The molecule has 1 aromatic heterocycles. The molecule has 0 aliphatic carbocycles. The minimum absolute atomic E-state index is 0.292. The number of nitrogens with zero attached hydrogens (tertiary/aromatic N) is 1. The van der Waals surface area contributed by atoms with Crippen molar-refractivity contribution < 1.29 is 9.90 Å². The Morgan fingerprint density at radius 2 is 2.50 bits per heavy atom. The third-order valence-corrected chi connectivity index (χ3v) is 1.52. The van der Waals surface area contributed by atoms with Crippen LogP contribution in [-0.2, 0) is 5.88 Å². The quantitative estimate of drug-likeness (QED) is 0.694. The molecule has 64 valence electrons. The first kappa shape index (κ1) is 8.80. The van der Waals surface area contributed by atoms with Crippen molar-refractivity contribution in [3.05, 3.63) is 23.9 Å². The molecule has 0 aromatic carbocycles. The van der Waals surface area contributed by atoms with Crippen LogP contribution < -0.4 is 5.32 Å². The summed E-state index contributed by atoms with van der Waals surface area (Å²) in [5.41, 5.74) is 0.829. The predicted molar refractivity (Wildman–Crippen MR) is 45.4 cm³/mol. The number of nitrogens with one attached hydrogen (secondary N) is 1. The average Bonchev–Trinajstić information content (AvgIpc) is 2.03. The highest BCUT2D eigenvalue weighted by Crippen LogP contribution is 2.08. The summed E-state index contributed by atoms with van der Waals surface area (Å²) in [5.74, 6) is 0.636. The molecule has 1 amide bonds. The van der Waals surface area contributed by atoms with E-state index in [1.165, 1.54) is 6.20 Å². The summed E-state index contributed by atoms with van der Waals surface area (Å²) >= 11 is 5.53. The van der Waals surface area contributed by atoms with Gasteiger partial charge in [0.25, 0.3) is 0 Å². The van der Waals surface area contributed by atoms with E-state index in [1.807, 2.05) is 0 Å². The number of alkyl halides is 1. The molecule has 0 saturated carbocycles. The number of carboxylic acid groups (broad SMARTS) is 1. The van der Waals surface area contributed by atoms with Gasteiger partial charge in [-0.15, -0.1) is 11.6 Å². The number of rotatable bonds is 2. The Bertz CT molecular complexity index is 290. The summed E-state index contributed by atoms with van der Waals surface area (Å²) in [6.45, 7) is 0. The molecule has 0 bridgehead atoms. The first-order chi connectivity index (χ1) is 5.72. The van der Waals surface area contributed by atoms with Gasteiger partial charge in [-0.1, -0.05) is 0 Å². The van der Waals surface area contributed by atoms with E-state index in [2.05, 4.69) is 10.3 Å². The Hall–Kier alpha value is -1.29. The second-order valence-electron chi connectivity index (χ2n) is 2.11. The summed E-state index contributed by atoms with van der Waals surface area (Å²) in [6.07, 6.45) is 0.373. The van der Waals surface area contributed by atoms with Crippen LogP contribution >= 0.6 is 11.6 Å². The minimum Gasteiger partial charge on any atom is -0.465 e. The number of carbonyl (C=O) groups is 1. The van der Waals surface area contributed by atoms with Crippen LogP contribution in [0.2, 0.25) is 0 Å². The van der Waals surface area contributed by atoms with E-state index < -0.39 is 6.09 Å². The summed E-state index contributed by atoms with van der Waals surface area (Å²) in [6, 6.07) is 3.31. The number of hydrogen-bond donors (Lipinski definition) is 2. The molecule has 4 nitrogen and oxygen atoms in total. The number of halogens is 1. The summed E-state index contributed by atoms with van der Waals surface area (Å²) in [4.78, 5) is 14.0. The maximum atomic E-state index is 10.2. The van der Waals surface area contributed by atoms with Gasteiger partial charge in [0, 0.05) is 12.1 Å². The Morgan fingerprint density at radius 3 is 3.08 bits per heavy atom. The van der Waals surface area contributed by atoms with Gasteiger partial charge in [-0.05, 0) is 17.7 Å². The zero-order chi connectivity index (χ0) is 8.97. The van der Waals surface area contributed by atoms with Crippen LogP contribution in [0, 0.1) is 0 Å². The van der Waals surface area contributed by atoms with E-state index in [4.69, 9.17) is 16.7 Å². The molecule has 0 spiro atoms. The molecule has 5 heteroatoms. The van der Waals surface area contributed by atoms with Crippen molar-refractivity contribution >= 4 is 23.5 Å². The normalized spacial score (nSPS) is 9.42. The van der Waals surface area contributed by atoms with Crippen LogP contribution in [0.4, 0.5) is 10.6 Å². The maximum absolute atomic E-state index is 10.2. The third-order valence-electron chi connectivity index (χ3n) is 1.21. The Balaban J connectivity index is 2.79. The lowest BCUT2D eigenvalue weighted by Gasteiger charge is -2.00. The Morgan fingerprint density at radius 1 is 1.75 bits per heavy atom. The van der Waals surface area contributed by atoms with Crippen molar-refractivity contribution in [2.45, 2.75) is 5.88 Å².